The van der Waals surface area contributed by atoms with Crippen LogP contribution in [0.25, 0.3) is 11.0 Å². The quantitative estimate of drug-likeness (QED) is 0.524. The molecule has 3 aromatic rings. The van der Waals surface area contributed by atoms with Gasteiger partial charge in [0.25, 0.3) is 11.6 Å². The van der Waals surface area contributed by atoms with E-state index in [2.05, 4.69) is 15.6 Å². The van der Waals surface area contributed by atoms with E-state index in [0.717, 1.165) is 16.9 Å². The highest BCUT2D eigenvalue weighted by Crippen LogP contribution is 2.25. The number of hydrogen-bond donors (Lipinski definition) is 2. The van der Waals surface area contributed by atoms with Gasteiger partial charge in [-0.15, -0.1) is 0 Å². The van der Waals surface area contributed by atoms with Gasteiger partial charge in [-0.05, 0) is 24.3 Å². The third-order valence-electron chi connectivity index (χ3n) is 4.23. The number of aromatic nitrogens is 2. The zero-order chi connectivity index (χ0) is 18.7. The Labute approximate surface area is 150 Å². The first-order valence-electron chi connectivity index (χ1n) is 8.16. The standard InChI is InChI=1S/C18H19N5O3/c1-19-18(24)12-7-8-13(16(11-12)23(25)26)20-10-9-17-21-14-5-3-4-6-15(14)22(17)2/h3-8,11,20H,9-10H2,1-2H3,(H,19,24). The first-order valence-corrected chi connectivity index (χ1v) is 8.16. The lowest BCUT2D eigenvalue weighted by molar-refractivity contribution is -0.384. The van der Waals surface area contributed by atoms with Gasteiger partial charge in [0.2, 0.25) is 0 Å². The van der Waals surface area contributed by atoms with Crippen molar-refractivity contribution < 1.29 is 9.72 Å². The van der Waals surface area contributed by atoms with Crippen LogP contribution >= 0.6 is 0 Å². The number of nitro groups is 1. The van der Waals surface area contributed by atoms with Crippen LogP contribution in [0.4, 0.5) is 11.4 Å². The molecular formula is C18H19N5O3. The number of para-hydroxylation sites is 2. The molecule has 2 aromatic carbocycles. The van der Waals surface area contributed by atoms with Crippen molar-refractivity contribution >= 4 is 28.3 Å². The van der Waals surface area contributed by atoms with Crippen LogP contribution < -0.4 is 10.6 Å². The molecular weight excluding hydrogens is 334 g/mol. The largest absolute Gasteiger partial charge is 0.379 e. The predicted molar refractivity (Wildman–Crippen MR) is 99.4 cm³/mol. The fraction of sp³-hybridized carbons (Fsp3) is 0.222. The second kappa shape index (κ2) is 7.22. The summed E-state index contributed by atoms with van der Waals surface area (Å²) in [4.78, 5) is 27.1. The maximum absolute atomic E-state index is 11.7. The minimum atomic E-state index is -0.496. The highest BCUT2D eigenvalue weighted by atomic mass is 16.6. The Morgan fingerprint density at radius 2 is 2.04 bits per heavy atom. The summed E-state index contributed by atoms with van der Waals surface area (Å²) in [6.45, 7) is 0.483. The molecule has 0 saturated heterocycles. The van der Waals surface area contributed by atoms with Gasteiger partial charge in [0.1, 0.15) is 11.5 Å². The average molecular weight is 353 g/mol. The molecule has 1 aromatic heterocycles. The summed E-state index contributed by atoms with van der Waals surface area (Å²) in [5.74, 6) is 0.530. The van der Waals surface area contributed by atoms with Gasteiger partial charge in [0.15, 0.2) is 0 Å². The molecule has 134 valence electrons. The van der Waals surface area contributed by atoms with E-state index < -0.39 is 4.92 Å². The van der Waals surface area contributed by atoms with E-state index in [1.54, 1.807) is 12.1 Å². The Bertz CT molecular complexity index is 980. The minimum Gasteiger partial charge on any atom is -0.379 e. The summed E-state index contributed by atoms with van der Waals surface area (Å²) in [6.07, 6.45) is 0.611. The molecule has 26 heavy (non-hydrogen) atoms. The van der Waals surface area contributed by atoms with Gasteiger partial charge in [-0.25, -0.2) is 4.98 Å². The monoisotopic (exact) mass is 353 g/mol. The van der Waals surface area contributed by atoms with Gasteiger partial charge in [-0.3, -0.25) is 14.9 Å². The van der Waals surface area contributed by atoms with E-state index in [0.29, 0.717) is 18.7 Å². The van der Waals surface area contributed by atoms with Gasteiger partial charge >= 0.3 is 0 Å². The third-order valence-corrected chi connectivity index (χ3v) is 4.23. The molecule has 0 spiro atoms. The number of hydrogen-bond acceptors (Lipinski definition) is 5. The van der Waals surface area contributed by atoms with E-state index in [4.69, 9.17) is 0 Å². The molecule has 8 nitrogen and oxygen atoms in total. The smallest absolute Gasteiger partial charge is 0.293 e. The van der Waals surface area contributed by atoms with E-state index in [1.165, 1.54) is 13.1 Å². The van der Waals surface area contributed by atoms with Crippen LogP contribution in [-0.2, 0) is 13.5 Å². The first-order chi connectivity index (χ1) is 12.5. The lowest BCUT2D eigenvalue weighted by Crippen LogP contribution is -2.18. The Balaban J connectivity index is 1.75. The molecule has 0 aliphatic carbocycles. The van der Waals surface area contributed by atoms with Crippen molar-refractivity contribution in [3.8, 4) is 0 Å². The first kappa shape index (κ1) is 17.4. The van der Waals surface area contributed by atoms with Crippen LogP contribution in [0.1, 0.15) is 16.2 Å². The molecule has 0 bridgehead atoms. The van der Waals surface area contributed by atoms with E-state index >= 15 is 0 Å². The fourth-order valence-corrected chi connectivity index (χ4v) is 2.85. The molecule has 0 unspecified atom stereocenters. The van der Waals surface area contributed by atoms with Gasteiger partial charge < -0.3 is 15.2 Å². The van der Waals surface area contributed by atoms with Crippen LogP contribution in [0.5, 0.6) is 0 Å². The molecule has 0 aliphatic rings. The Morgan fingerprint density at radius 1 is 1.27 bits per heavy atom. The number of anilines is 1. The molecule has 0 fully saturated rings. The normalized spacial score (nSPS) is 10.7. The highest BCUT2D eigenvalue weighted by molar-refractivity contribution is 5.95. The Kier molecular flexibility index (Phi) is 4.83. The number of nitrogens with zero attached hydrogens (tertiary/aromatic N) is 3. The van der Waals surface area contributed by atoms with Crippen molar-refractivity contribution in [3.63, 3.8) is 0 Å². The van der Waals surface area contributed by atoms with Gasteiger partial charge in [-0.2, -0.15) is 0 Å². The molecule has 0 atom stereocenters. The summed E-state index contributed by atoms with van der Waals surface area (Å²) in [5.41, 5.74) is 2.46. The van der Waals surface area contributed by atoms with Crippen LogP contribution in [0.15, 0.2) is 42.5 Å². The zero-order valence-electron chi connectivity index (χ0n) is 14.5. The Hall–Kier alpha value is -3.42. The molecule has 0 radical (unpaired) electrons. The van der Waals surface area contributed by atoms with Gasteiger partial charge in [0, 0.05) is 38.7 Å². The maximum Gasteiger partial charge on any atom is 0.293 e. The number of carbonyl (C=O) groups excluding carboxylic acids is 1. The van der Waals surface area contributed by atoms with E-state index in [9.17, 15) is 14.9 Å². The molecule has 0 saturated carbocycles. The zero-order valence-corrected chi connectivity index (χ0v) is 14.5. The summed E-state index contributed by atoms with van der Waals surface area (Å²) in [6, 6.07) is 12.2. The Morgan fingerprint density at radius 3 is 2.73 bits per heavy atom. The number of nitro benzene ring substituents is 1. The number of nitrogens with one attached hydrogen (secondary N) is 2. The lowest BCUT2D eigenvalue weighted by atomic mass is 10.1. The molecule has 2 N–H and O–H groups in total. The topological polar surface area (TPSA) is 102 Å². The second-order valence-electron chi connectivity index (χ2n) is 5.82. The summed E-state index contributed by atoms with van der Waals surface area (Å²) < 4.78 is 2.01. The second-order valence-corrected chi connectivity index (χ2v) is 5.82. The lowest BCUT2D eigenvalue weighted by Gasteiger charge is -2.08. The highest BCUT2D eigenvalue weighted by Gasteiger charge is 2.17. The number of amides is 1. The number of aryl methyl sites for hydroxylation is 1. The molecule has 8 heteroatoms. The van der Waals surface area contributed by atoms with Crippen molar-refractivity contribution in [2.24, 2.45) is 7.05 Å². The number of rotatable bonds is 6. The average Bonchev–Trinajstić information content (AvgIpc) is 2.97. The molecule has 3 rings (SSSR count). The van der Waals surface area contributed by atoms with Crippen LogP contribution in [-0.4, -0.2) is 34.0 Å². The number of fused-ring (bicyclic) bond motifs is 1. The molecule has 0 aliphatic heterocycles. The van der Waals surface area contributed by atoms with Crippen molar-refractivity contribution in [2.45, 2.75) is 6.42 Å². The number of carbonyl (C=O) groups is 1. The SMILES string of the molecule is CNC(=O)c1ccc(NCCc2nc3ccccc3n2C)c([N+](=O)[O-])c1. The summed E-state index contributed by atoms with van der Waals surface area (Å²) >= 11 is 0. The summed E-state index contributed by atoms with van der Waals surface area (Å²) in [5, 5.41) is 16.8. The number of imidazole rings is 1. The fourth-order valence-electron chi connectivity index (χ4n) is 2.85. The van der Waals surface area contributed by atoms with Crippen molar-refractivity contribution in [3.05, 3.63) is 64.0 Å². The molecule has 1 heterocycles. The minimum absolute atomic E-state index is 0.129. The van der Waals surface area contributed by atoms with Crippen LogP contribution in [0.3, 0.4) is 0 Å². The molecule has 1 amide bonds. The van der Waals surface area contributed by atoms with Crippen LogP contribution in [0.2, 0.25) is 0 Å². The van der Waals surface area contributed by atoms with Crippen molar-refractivity contribution in [1.29, 1.82) is 0 Å². The van der Waals surface area contributed by atoms with Gasteiger partial charge in [-0.1, -0.05) is 12.1 Å². The van der Waals surface area contributed by atoms with E-state index in [1.807, 2.05) is 35.9 Å². The van der Waals surface area contributed by atoms with Crippen LogP contribution in [0, 0.1) is 10.1 Å². The predicted octanol–water partition coefficient (Wildman–Crippen LogP) is 2.50. The number of benzene rings is 2. The summed E-state index contributed by atoms with van der Waals surface area (Å²) in [7, 11) is 3.43. The maximum atomic E-state index is 11.7. The van der Waals surface area contributed by atoms with Gasteiger partial charge in [0.05, 0.1) is 16.0 Å². The third kappa shape index (κ3) is 3.34. The van der Waals surface area contributed by atoms with Crippen molar-refractivity contribution in [1.82, 2.24) is 14.9 Å². The van der Waals surface area contributed by atoms with E-state index in [-0.39, 0.29) is 17.2 Å². The van der Waals surface area contributed by atoms with Crippen molar-refractivity contribution in [2.75, 3.05) is 18.9 Å².